The zero-order chi connectivity index (χ0) is 39.1. The lowest BCUT2D eigenvalue weighted by molar-refractivity contribution is -0.310. The molecule has 0 saturated carbocycles. The van der Waals surface area contributed by atoms with Crippen molar-refractivity contribution in [3.63, 3.8) is 0 Å². The normalized spacial score (nSPS) is 19.6. The summed E-state index contributed by atoms with van der Waals surface area (Å²) in [5.41, 5.74) is 4.62. The molecule has 1 aliphatic rings. The maximum atomic E-state index is 11.6. The minimum absolute atomic E-state index is 0.145. The maximum absolute atomic E-state index is 11.6. The Kier molecular flexibility index (Phi) is 14.7. The van der Waals surface area contributed by atoms with E-state index in [9.17, 15) is 9.90 Å². The summed E-state index contributed by atoms with van der Waals surface area (Å²) < 4.78 is 51.9. The molecular formula is C46H48O10. The Hall–Kier alpha value is -5.49. The van der Waals surface area contributed by atoms with Crippen LogP contribution in [0.4, 0.5) is 0 Å². The second-order valence-corrected chi connectivity index (χ2v) is 13.3. The predicted octanol–water partition coefficient (Wildman–Crippen LogP) is 8.27. The van der Waals surface area contributed by atoms with E-state index in [2.05, 4.69) is 0 Å². The predicted molar refractivity (Wildman–Crippen MR) is 211 cm³/mol. The molecule has 6 rings (SSSR count). The fourth-order valence-corrected chi connectivity index (χ4v) is 6.37. The Labute approximate surface area is 328 Å². The van der Waals surface area contributed by atoms with Crippen LogP contribution in [0.2, 0.25) is 0 Å². The van der Waals surface area contributed by atoms with Gasteiger partial charge in [0.05, 0.1) is 47.3 Å². The van der Waals surface area contributed by atoms with E-state index < -0.39 is 36.7 Å². The van der Waals surface area contributed by atoms with Gasteiger partial charge in [-0.1, -0.05) is 121 Å². The summed E-state index contributed by atoms with van der Waals surface area (Å²) in [5, 5.41) is 9.53. The van der Waals surface area contributed by atoms with E-state index in [4.69, 9.17) is 37.9 Å². The summed E-state index contributed by atoms with van der Waals surface area (Å²) in [4.78, 5) is 11.6. The number of hydrogen-bond donors (Lipinski definition) is 1. The first-order valence-electron chi connectivity index (χ1n) is 18.5. The molecule has 0 aliphatic carbocycles. The second kappa shape index (κ2) is 20.4. The molecule has 5 aromatic rings. The van der Waals surface area contributed by atoms with Crippen molar-refractivity contribution in [1.82, 2.24) is 0 Å². The first kappa shape index (κ1) is 40.2. The monoisotopic (exact) mass is 760 g/mol. The minimum Gasteiger partial charge on any atom is -0.493 e. The van der Waals surface area contributed by atoms with E-state index in [1.54, 1.807) is 12.1 Å². The Bertz CT molecular complexity index is 1950. The van der Waals surface area contributed by atoms with E-state index in [-0.39, 0.29) is 31.1 Å². The third-order valence-corrected chi connectivity index (χ3v) is 9.28. The Morgan fingerprint density at radius 3 is 1.50 bits per heavy atom. The van der Waals surface area contributed by atoms with Crippen LogP contribution in [0.1, 0.15) is 34.7 Å². The number of methoxy groups -OCH3 is 2. The lowest BCUT2D eigenvalue weighted by Crippen LogP contribution is -2.62. The van der Waals surface area contributed by atoms with Gasteiger partial charge in [-0.05, 0) is 52.9 Å². The number of carbonyl (C=O) groups is 1. The average molecular weight is 761 g/mol. The molecule has 0 spiro atoms. The van der Waals surface area contributed by atoms with Gasteiger partial charge in [0.1, 0.15) is 24.4 Å². The van der Waals surface area contributed by atoms with Crippen LogP contribution in [0.3, 0.4) is 0 Å². The van der Waals surface area contributed by atoms with Gasteiger partial charge in [-0.2, -0.15) is 0 Å². The Morgan fingerprint density at radius 1 is 0.625 bits per heavy atom. The number of carboxylic acids is 1. The van der Waals surface area contributed by atoms with Gasteiger partial charge in [0.25, 0.3) is 0 Å². The zero-order valence-corrected chi connectivity index (χ0v) is 31.8. The molecule has 1 N–H and O–H groups in total. The van der Waals surface area contributed by atoms with Crippen molar-refractivity contribution >= 4 is 12.0 Å². The Balaban J connectivity index is 1.40. The van der Waals surface area contributed by atoms with Crippen molar-refractivity contribution in [2.75, 3.05) is 20.8 Å². The number of rotatable bonds is 19. The van der Waals surface area contributed by atoms with E-state index in [1.807, 2.05) is 121 Å². The number of hydrogen-bond acceptors (Lipinski definition) is 9. The number of carboxylic acid groups (broad SMARTS) is 1. The Morgan fingerprint density at radius 2 is 1.05 bits per heavy atom. The largest absolute Gasteiger partial charge is 0.493 e. The molecule has 0 aromatic heterocycles. The smallest absolute Gasteiger partial charge is 0.331 e. The SMILES string of the molecule is COc1cc(C=C(C)C(=O)O)cc(OC)c1O[C@@H]1O[C@H](COCc2ccccc2)[C@H](OCc2ccccc2)[C@H](OCc2ccccc2)[C@H]1OCc1ccccc1. The highest BCUT2D eigenvalue weighted by atomic mass is 16.7. The third kappa shape index (κ3) is 11.1. The molecule has 5 atom stereocenters. The van der Waals surface area contributed by atoms with Crippen LogP contribution >= 0.6 is 0 Å². The molecular weight excluding hydrogens is 712 g/mol. The summed E-state index contributed by atoms with van der Waals surface area (Å²) in [5.74, 6) is -0.184. The standard InChI is InChI=1S/C46H48O10/c1-32(45(47)48)24-37-25-38(49-2)41(39(26-37)50-3)56-46-44(54-30-36-22-14-7-15-23-36)43(53-29-35-20-12-6-13-21-35)42(52-28-34-18-10-5-11-19-34)40(55-46)31-51-27-33-16-8-4-9-17-33/h4-26,40,42-44,46H,27-31H2,1-3H3,(H,47,48)/t40-,42+,43+,44-,46+/m1/s1. The van der Waals surface area contributed by atoms with Crippen LogP contribution in [0.25, 0.3) is 6.08 Å². The lowest BCUT2D eigenvalue weighted by atomic mass is 9.97. The summed E-state index contributed by atoms with van der Waals surface area (Å²) in [6.07, 6.45) is -2.45. The molecule has 56 heavy (non-hydrogen) atoms. The van der Waals surface area contributed by atoms with Crippen LogP contribution in [-0.4, -0.2) is 62.6 Å². The van der Waals surface area contributed by atoms with Crippen molar-refractivity contribution < 1.29 is 47.8 Å². The molecule has 0 amide bonds. The molecule has 0 radical (unpaired) electrons. The van der Waals surface area contributed by atoms with Crippen molar-refractivity contribution in [3.8, 4) is 17.2 Å². The van der Waals surface area contributed by atoms with E-state index in [1.165, 1.54) is 27.2 Å². The van der Waals surface area contributed by atoms with Gasteiger partial charge in [-0.15, -0.1) is 0 Å². The molecule has 1 saturated heterocycles. The average Bonchev–Trinajstić information content (AvgIpc) is 3.23. The van der Waals surface area contributed by atoms with Crippen molar-refractivity contribution in [2.24, 2.45) is 0 Å². The zero-order valence-electron chi connectivity index (χ0n) is 31.8. The molecule has 1 fully saturated rings. The van der Waals surface area contributed by atoms with Crippen LogP contribution < -0.4 is 14.2 Å². The molecule has 292 valence electrons. The van der Waals surface area contributed by atoms with Gasteiger partial charge in [-0.3, -0.25) is 0 Å². The first-order chi connectivity index (χ1) is 27.4. The van der Waals surface area contributed by atoms with Crippen LogP contribution in [0, 0.1) is 0 Å². The van der Waals surface area contributed by atoms with Crippen molar-refractivity contribution in [3.05, 3.63) is 167 Å². The maximum Gasteiger partial charge on any atom is 0.331 e. The molecule has 5 aromatic carbocycles. The summed E-state index contributed by atoms with van der Waals surface area (Å²) in [6, 6.07) is 43.0. The lowest BCUT2D eigenvalue weighted by Gasteiger charge is -2.45. The highest BCUT2D eigenvalue weighted by Gasteiger charge is 2.50. The quantitative estimate of drug-likeness (QED) is 0.0826. The van der Waals surface area contributed by atoms with Gasteiger partial charge in [0.15, 0.2) is 11.5 Å². The van der Waals surface area contributed by atoms with E-state index >= 15 is 0 Å². The van der Waals surface area contributed by atoms with Gasteiger partial charge < -0.3 is 43.0 Å². The van der Waals surface area contributed by atoms with Crippen molar-refractivity contribution in [2.45, 2.75) is 64.1 Å². The topological polar surface area (TPSA) is 111 Å². The summed E-state index contributed by atoms with van der Waals surface area (Å²) in [7, 11) is 3.01. The summed E-state index contributed by atoms with van der Waals surface area (Å²) >= 11 is 0. The van der Waals surface area contributed by atoms with Crippen LogP contribution in [-0.2, 0) is 54.9 Å². The number of benzene rings is 5. The molecule has 1 heterocycles. The van der Waals surface area contributed by atoms with Gasteiger partial charge in [-0.25, -0.2) is 4.79 Å². The van der Waals surface area contributed by atoms with Crippen molar-refractivity contribution in [1.29, 1.82) is 0 Å². The fourth-order valence-electron chi connectivity index (χ4n) is 6.37. The van der Waals surface area contributed by atoms with Crippen LogP contribution in [0.15, 0.2) is 139 Å². The van der Waals surface area contributed by atoms with Gasteiger partial charge in [0, 0.05) is 5.57 Å². The van der Waals surface area contributed by atoms with Gasteiger partial charge >= 0.3 is 5.97 Å². The summed E-state index contributed by atoms with van der Waals surface area (Å²) in [6.45, 7) is 2.81. The van der Waals surface area contributed by atoms with Crippen LogP contribution in [0.5, 0.6) is 17.2 Å². The molecule has 1 aliphatic heterocycles. The first-order valence-corrected chi connectivity index (χ1v) is 18.5. The van der Waals surface area contributed by atoms with E-state index in [0.717, 1.165) is 22.3 Å². The number of ether oxygens (including phenoxy) is 8. The van der Waals surface area contributed by atoms with Gasteiger partial charge in [0.2, 0.25) is 12.0 Å². The molecule has 10 heteroatoms. The second-order valence-electron chi connectivity index (χ2n) is 13.3. The molecule has 0 bridgehead atoms. The fraction of sp³-hybridized carbons (Fsp3) is 0.283. The van der Waals surface area contributed by atoms with E-state index in [0.29, 0.717) is 30.3 Å². The number of aliphatic carboxylic acids is 1. The molecule has 10 nitrogen and oxygen atoms in total. The molecule has 0 unspecified atom stereocenters. The highest BCUT2D eigenvalue weighted by Crippen LogP contribution is 2.42. The minimum atomic E-state index is -1.08. The highest BCUT2D eigenvalue weighted by molar-refractivity contribution is 5.91. The third-order valence-electron chi connectivity index (χ3n) is 9.28.